The number of aliphatic hydroxyl groups excluding tert-OH is 4. The van der Waals surface area contributed by atoms with Crippen molar-refractivity contribution in [1.29, 1.82) is 0 Å². The van der Waals surface area contributed by atoms with Crippen molar-refractivity contribution < 1.29 is 66.2 Å². The fourth-order valence-corrected chi connectivity index (χ4v) is 4.20. The van der Waals surface area contributed by atoms with E-state index in [2.05, 4.69) is 0 Å². The number of carbonyl (C=O) groups excluding carboxylic acids is 1. The molecule has 2 saturated heterocycles. The second-order valence-corrected chi connectivity index (χ2v) is 8.17. The summed E-state index contributed by atoms with van der Waals surface area (Å²) in [5.41, 5.74) is 0. The van der Waals surface area contributed by atoms with Gasteiger partial charge in [0, 0.05) is 5.92 Å². The van der Waals surface area contributed by atoms with E-state index in [9.17, 15) is 43.3 Å². The Bertz CT molecular complexity index is 693. The van der Waals surface area contributed by atoms with E-state index in [0.717, 1.165) is 0 Å². The van der Waals surface area contributed by atoms with Gasteiger partial charge in [0.2, 0.25) is 0 Å². The molecule has 2 fully saturated rings. The summed E-state index contributed by atoms with van der Waals surface area (Å²) >= 11 is -0.439. The third kappa shape index (κ3) is 5.76. The minimum Gasteiger partial charge on any atom is -0.776 e. The lowest BCUT2D eigenvalue weighted by Crippen LogP contribution is -2.66. The molecule has 0 spiro atoms. The van der Waals surface area contributed by atoms with Gasteiger partial charge in [0.25, 0.3) is 0 Å². The second-order valence-electron chi connectivity index (χ2n) is 6.65. The smallest absolute Gasteiger partial charge is 0.333 e. The van der Waals surface area contributed by atoms with Crippen LogP contribution in [0.15, 0.2) is 0 Å². The monoisotopic (exact) mass is 479 g/mol. The van der Waals surface area contributed by atoms with Crippen molar-refractivity contribution in [3.05, 3.63) is 0 Å². The third-order valence-electron chi connectivity index (χ3n) is 4.72. The highest BCUT2D eigenvalue weighted by Crippen LogP contribution is 2.33. The molecule has 6 N–H and O–H groups in total. The van der Waals surface area contributed by atoms with E-state index in [0.29, 0.717) is 0 Å². The number of rotatable bonds is 8. The van der Waals surface area contributed by atoms with Crippen molar-refractivity contribution in [1.82, 2.24) is 4.72 Å². The fraction of sp³-hybridized carbons (Fsp3) is 0.923. The first-order valence-electron chi connectivity index (χ1n) is 8.43. The number of aliphatic carboxylic acids is 1. The van der Waals surface area contributed by atoms with Gasteiger partial charge in [0.05, 0.1) is 24.8 Å². The van der Waals surface area contributed by atoms with E-state index in [1.165, 1.54) is 6.92 Å². The Balaban J connectivity index is 2.29. The van der Waals surface area contributed by atoms with Gasteiger partial charge in [-0.3, -0.25) is 4.55 Å². The number of nitrogens with one attached hydrogen (secondary N) is 1. The Morgan fingerprint density at radius 2 is 1.83 bits per heavy atom. The lowest BCUT2D eigenvalue weighted by atomic mass is 9.89. The Labute approximate surface area is 174 Å². The zero-order valence-electron chi connectivity index (χ0n) is 15.2. The topological polar surface area (TPSA) is 247 Å². The number of ether oxygens (including phenoxy) is 3. The highest BCUT2D eigenvalue weighted by atomic mass is 32.2. The van der Waals surface area contributed by atoms with Gasteiger partial charge in [0.1, 0.15) is 30.5 Å². The van der Waals surface area contributed by atoms with Crippen LogP contribution in [0.5, 0.6) is 0 Å². The summed E-state index contributed by atoms with van der Waals surface area (Å²) in [7, 11) is -4.88. The van der Waals surface area contributed by atoms with E-state index in [1.807, 2.05) is 0 Å². The van der Waals surface area contributed by atoms with Crippen LogP contribution >= 0.6 is 12.3 Å². The molecular formula is C13H21NO14S2-2. The van der Waals surface area contributed by atoms with Gasteiger partial charge in [-0.05, 0) is 6.92 Å². The minimum absolute atomic E-state index is 0.439. The Morgan fingerprint density at radius 3 is 2.33 bits per heavy atom. The summed E-state index contributed by atoms with van der Waals surface area (Å²) in [6.07, 6.45) is -13.6. The van der Waals surface area contributed by atoms with Gasteiger partial charge in [-0.15, -0.1) is 12.3 Å². The molecule has 0 amide bonds. The molecule has 0 aromatic rings. The summed E-state index contributed by atoms with van der Waals surface area (Å²) in [5, 5.41) is 51.1. The number of hydrogen-bond donors (Lipinski definition) is 6. The number of hydrogen-bond acceptors (Lipinski definition) is 14. The van der Waals surface area contributed by atoms with Gasteiger partial charge in [-0.25, -0.2) is 0 Å². The average molecular weight is 479 g/mol. The number of carboxylic acids is 1. The van der Waals surface area contributed by atoms with Gasteiger partial charge >= 0.3 is 10.3 Å². The summed E-state index contributed by atoms with van der Waals surface area (Å²) in [4.78, 5) is 11.3. The van der Waals surface area contributed by atoms with Crippen LogP contribution in [0.1, 0.15) is 6.92 Å². The standard InChI is InChI=1S/C13H23NO14S2/c1-3-8(7(17)5(12(20)25-3)14-30(22,23)24)26-13-9(28-29-21)4(2-15)6(16)10(27-13)11(18)19/h3-10,12-17,20-21H,2H2,1H3,(H,18,19)(H,22,23,24)/p-2. The van der Waals surface area contributed by atoms with Gasteiger partial charge < -0.3 is 53.3 Å². The Hall–Kier alpha value is -0.670. The molecular weight excluding hydrogens is 458 g/mol. The lowest BCUT2D eigenvalue weighted by molar-refractivity contribution is -0.358. The quantitative estimate of drug-likeness (QED) is 0.141. The first-order valence-corrected chi connectivity index (χ1v) is 10.5. The van der Waals surface area contributed by atoms with Crippen LogP contribution in [-0.2, 0) is 33.5 Å². The van der Waals surface area contributed by atoms with Crippen LogP contribution in [0.4, 0.5) is 0 Å². The van der Waals surface area contributed by atoms with Crippen molar-refractivity contribution in [3.63, 3.8) is 0 Å². The average Bonchev–Trinajstić information content (AvgIpc) is 2.63. The summed E-state index contributed by atoms with van der Waals surface area (Å²) < 4.78 is 63.8. The number of carbonyl (C=O) groups is 1. The van der Waals surface area contributed by atoms with Gasteiger partial charge in [-0.2, -0.15) is 13.1 Å². The zero-order valence-corrected chi connectivity index (χ0v) is 16.8. The molecule has 2 heterocycles. The number of aliphatic hydroxyl groups is 4. The van der Waals surface area contributed by atoms with Crippen LogP contribution in [0.3, 0.4) is 0 Å². The van der Waals surface area contributed by atoms with E-state index in [4.69, 9.17) is 22.9 Å². The van der Waals surface area contributed by atoms with Crippen molar-refractivity contribution in [3.8, 4) is 0 Å². The third-order valence-corrected chi connectivity index (χ3v) is 5.59. The zero-order chi connectivity index (χ0) is 22.8. The molecule has 15 nitrogen and oxygen atoms in total. The van der Waals surface area contributed by atoms with E-state index >= 15 is 0 Å². The Morgan fingerprint density at radius 1 is 1.20 bits per heavy atom. The minimum atomic E-state index is -4.88. The molecule has 0 aromatic carbocycles. The molecule has 10 atom stereocenters. The van der Waals surface area contributed by atoms with Gasteiger partial charge in [-0.1, -0.05) is 0 Å². The molecule has 2 aliphatic heterocycles. The first-order chi connectivity index (χ1) is 13.9. The van der Waals surface area contributed by atoms with Crippen molar-refractivity contribution in [2.45, 2.75) is 62.2 Å². The second kappa shape index (κ2) is 10.3. The maximum Gasteiger partial charge on any atom is 0.333 e. The van der Waals surface area contributed by atoms with E-state index in [1.54, 1.807) is 4.72 Å². The highest BCUT2D eigenvalue weighted by Gasteiger charge is 2.51. The molecule has 176 valence electrons. The number of carboxylic acid groups (broad SMARTS) is 1. The highest BCUT2D eigenvalue weighted by molar-refractivity contribution is 7.88. The molecule has 17 heteroatoms. The van der Waals surface area contributed by atoms with Crippen LogP contribution in [0.25, 0.3) is 0 Å². The molecule has 0 aromatic heterocycles. The maximum absolute atomic E-state index is 11.3. The lowest BCUT2D eigenvalue weighted by Gasteiger charge is -2.47. The van der Waals surface area contributed by atoms with Crippen molar-refractivity contribution >= 4 is 28.6 Å². The molecule has 2 aliphatic rings. The molecule has 30 heavy (non-hydrogen) atoms. The van der Waals surface area contributed by atoms with Crippen LogP contribution in [0.2, 0.25) is 0 Å². The largest absolute Gasteiger partial charge is 0.776 e. The van der Waals surface area contributed by atoms with Gasteiger partial charge in [0.15, 0.2) is 12.6 Å². The van der Waals surface area contributed by atoms with Crippen LogP contribution < -0.4 is 9.83 Å². The molecule has 0 aliphatic carbocycles. The summed E-state index contributed by atoms with van der Waals surface area (Å²) in [5.74, 6) is -3.24. The summed E-state index contributed by atoms with van der Waals surface area (Å²) in [6.45, 7) is 0.459. The SMILES string of the molecule is CC1OC(O)C(NS(=O)(=O)O)C(O)C1OC1OC(C(=O)[O-])C(O)C(CO)C1OS[O-]. The normalized spacial score (nSPS) is 42.8. The van der Waals surface area contributed by atoms with Crippen LogP contribution in [0, 0.1) is 5.92 Å². The van der Waals surface area contributed by atoms with Crippen molar-refractivity contribution in [2.75, 3.05) is 6.61 Å². The summed E-state index contributed by atoms with van der Waals surface area (Å²) in [6, 6.07) is -1.80. The molecule has 0 bridgehead atoms. The molecule has 0 radical (unpaired) electrons. The van der Waals surface area contributed by atoms with Crippen molar-refractivity contribution in [2.24, 2.45) is 5.92 Å². The first kappa shape index (κ1) is 25.6. The Kier molecular flexibility index (Phi) is 8.78. The predicted octanol–water partition coefficient (Wildman–Crippen LogP) is -5.16. The fourth-order valence-electron chi connectivity index (χ4n) is 3.28. The molecule has 0 saturated carbocycles. The van der Waals surface area contributed by atoms with E-state index in [-0.39, 0.29) is 0 Å². The molecule has 10 unspecified atom stereocenters. The molecule has 2 rings (SSSR count). The van der Waals surface area contributed by atoms with Crippen LogP contribution in [-0.4, -0.2) is 106 Å². The predicted molar refractivity (Wildman–Crippen MR) is 89.4 cm³/mol. The maximum atomic E-state index is 11.3. The van der Waals surface area contributed by atoms with E-state index < -0.39 is 96.4 Å².